The number of hydrogen-bond acceptors (Lipinski definition) is 3. The van der Waals surface area contributed by atoms with Gasteiger partial charge in [0.1, 0.15) is 6.73 Å². The maximum atomic E-state index is 11.4. The Bertz CT molecular complexity index is 633. The highest BCUT2D eigenvalue weighted by atomic mass is 28.3. The minimum Gasteiger partial charge on any atom is -0.476 e. The van der Waals surface area contributed by atoms with Crippen LogP contribution in [0.4, 0.5) is 0 Å². The van der Waals surface area contributed by atoms with E-state index in [4.69, 9.17) is 4.74 Å². The molecule has 0 atom stereocenters. The summed E-state index contributed by atoms with van der Waals surface area (Å²) in [5, 5.41) is 9.31. The summed E-state index contributed by atoms with van der Waals surface area (Å²) in [6.45, 7) is 7.89. The third-order valence-corrected chi connectivity index (χ3v) is 5.02. The van der Waals surface area contributed by atoms with Gasteiger partial charge in [-0.1, -0.05) is 50.0 Å². The molecule has 1 N–H and O–H groups in total. The summed E-state index contributed by atoms with van der Waals surface area (Å²) >= 11 is 0. The second kappa shape index (κ2) is 6.89. The van der Waals surface area contributed by atoms with Gasteiger partial charge in [-0.05, 0) is 6.04 Å². The van der Waals surface area contributed by atoms with E-state index >= 15 is 0 Å². The molecule has 0 amide bonds. The lowest BCUT2D eigenvalue weighted by molar-refractivity contribution is 0.0691. The van der Waals surface area contributed by atoms with Gasteiger partial charge in [0, 0.05) is 20.2 Å². The molecule has 0 radical (unpaired) electrons. The van der Waals surface area contributed by atoms with Gasteiger partial charge >= 0.3 is 5.97 Å². The van der Waals surface area contributed by atoms with Crippen LogP contribution >= 0.6 is 0 Å². The molecule has 0 saturated carbocycles. The second-order valence-electron chi connectivity index (χ2n) is 6.43. The van der Waals surface area contributed by atoms with Crippen LogP contribution in [0.25, 0.3) is 11.3 Å². The van der Waals surface area contributed by atoms with E-state index in [1.807, 2.05) is 30.3 Å². The van der Waals surface area contributed by atoms with E-state index in [1.165, 1.54) is 6.33 Å². The number of benzene rings is 1. The summed E-state index contributed by atoms with van der Waals surface area (Å²) in [6, 6.07) is 10.5. The maximum absolute atomic E-state index is 11.4. The summed E-state index contributed by atoms with van der Waals surface area (Å²) in [7, 11) is -1.13. The topological polar surface area (TPSA) is 64.4 Å². The lowest BCUT2D eigenvalue weighted by atomic mass is 10.1. The van der Waals surface area contributed by atoms with Crippen molar-refractivity contribution in [3.05, 3.63) is 42.4 Å². The highest BCUT2D eigenvalue weighted by molar-refractivity contribution is 6.76. The van der Waals surface area contributed by atoms with E-state index in [9.17, 15) is 9.90 Å². The molecule has 2 aromatic rings. The van der Waals surface area contributed by atoms with Gasteiger partial charge in [0.05, 0.1) is 12.0 Å². The van der Waals surface area contributed by atoms with Crippen LogP contribution in [0.2, 0.25) is 25.7 Å². The first-order valence-electron chi connectivity index (χ1n) is 7.30. The van der Waals surface area contributed by atoms with E-state index in [2.05, 4.69) is 24.6 Å². The van der Waals surface area contributed by atoms with E-state index < -0.39 is 14.0 Å². The fourth-order valence-electron chi connectivity index (χ4n) is 2.08. The minimum atomic E-state index is -1.13. The monoisotopic (exact) mass is 318 g/mol. The van der Waals surface area contributed by atoms with Gasteiger partial charge in [-0.2, -0.15) is 0 Å². The number of carboxylic acids is 1. The summed E-state index contributed by atoms with van der Waals surface area (Å²) in [5.41, 5.74) is 1.47. The van der Waals surface area contributed by atoms with E-state index in [1.54, 1.807) is 4.57 Å². The van der Waals surface area contributed by atoms with Crippen molar-refractivity contribution in [1.29, 1.82) is 0 Å². The van der Waals surface area contributed by atoms with Crippen molar-refractivity contribution in [1.82, 2.24) is 9.55 Å². The van der Waals surface area contributed by atoms with Crippen molar-refractivity contribution >= 4 is 14.0 Å². The Morgan fingerprint density at radius 1 is 1.27 bits per heavy atom. The second-order valence-corrected chi connectivity index (χ2v) is 12.1. The third-order valence-electron chi connectivity index (χ3n) is 3.31. The number of nitrogens with zero attached hydrogens (tertiary/aromatic N) is 2. The van der Waals surface area contributed by atoms with E-state index in [0.29, 0.717) is 19.0 Å². The van der Waals surface area contributed by atoms with Crippen LogP contribution in [-0.4, -0.2) is 35.3 Å². The van der Waals surface area contributed by atoms with Crippen LogP contribution in [0.15, 0.2) is 36.7 Å². The van der Waals surface area contributed by atoms with Crippen LogP contribution in [0, 0.1) is 0 Å². The van der Waals surface area contributed by atoms with Crippen LogP contribution in [0.3, 0.4) is 0 Å². The van der Waals surface area contributed by atoms with Crippen molar-refractivity contribution < 1.29 is 14.6 Å². The molecule has 1 aromatic carbocycles. The molecule has 5 nitrogen and oxygen atoms in total. The number of hydrogen-bond donors (Lipinski definition) is 1. The lowest BCUT2D eigenvalue weighted by Crippen LogP contribution is -2.22. The van der Waals surface area contributed by atoms with Crippen molar-refractivity contribution in [2.24, 2.45) is 0 Å². The minimum absolute atomic E-state index is 0.0556. The predicted molar refractivity (Wildman–Crippen MR) is 88.7 cm³/mol. The summed E-state index contributed by atoms with van der Waals surface area (Å²) < 4.78 is 7.47. The standard InChI is InChI=1S/C16H22N2O3Si/c1-22(2,3)10-9-21-12-18-11-17-14(16(19)20)15(18)13-7-5-4-6-8-13/h4-8,11H,9-10,12H2,1-3H3,(H,19,20). The van der Waals surface area contributed by atoms with Crippen LogP contribution in [-0.2, 0) is 11.5 Å². The fourth-order valence-corrected chi connectivity index (χ4v) is 2.83. The molecule has 1 aromatic heterocycles. The van der Waals surface area contributed by atoms with Gasteiger partial charge in [-0.25, -0.2) is 9.78 Å². The van der Waals surface area contributed by atoms with Gasteiger partial charge in [-0.15, -0.1) is 0 Å². The first kappa shape index (κ1) is 16.4. The normalized spacial score (nSPS) is 11.6. The first-order chi connectivity index (χ1) is 10.4. The molecule has 0 aliphatic rings. The molecule has 0 fully saturated rings. The summed E-state index contributed by atoms with van der Waals surface area (Å²) in [4.78, 5) is 15.4. The number of imidazole rings is 1. The molecule has 0 unspecified atom stereocenters. The van der Waals surface area contributed by atoms with Crippen LogP contribution < -0.4 is 0 Å². The SMILES string of the molecule is C[Si](C)(C)CCOCn1cnc(C(=O)O)c1-c1ccccc1. The molecular weight excluding hydrogens is 296 g/mol. The van der Waals surface area contributed by atoms with Gasteiger partial charge in [-0.3, -0.25) is 0 Å². The number of aromatic carboxylic acids is 1. The molecular formula is C16H22N2O3Si. The molecule has 2 rings (SSSR count). The molecule has 1 heterocycles. The number of ether oxygens (including phenoxy) is 1. The quantitative estimate of drug-likeness (QED) is 0.626. The molecule has 0 saturated heterocycles. The Labute approximate surface area is 131 Å². The molecule has 0 bridgehead atoms. The fraction of sp³-hybridized carbons (Fsp3) is 0.375. The molecule has 22 heavy (non-hydrogen) atoms. The maximum Gasteiger partial charge on any atom is 0.356 e. The smallest absolute Gasteiger partial charge is 0.356 e. The highest BCUT2D eigenvalue weighted by Crippen LogP contribution is 2.23. The van der Waals surface area contributed by atoms with E-state index in [0.717, 1.165) is 11.6 Å². The van der Waals surface area contributed by atoms with Crippen molar-refractivity contribution in [2.45, 2.75) is 32.4 Å². The Morgan fingerprint density at radius 2 is 1.95 bits per heavy atom. The summed E-state index contributed by atoms with van der Waals surface area (Å²) in [6.07, 6.45) is 1.53. The van der Waals surface area contributed by atoms with Crippen molar-refractivity contribution in [3.63, 3.8) is 0 Å². The van der Waals surface area contributed by atoms with Crippen LogP contribution in [0.5, 0.6) is 0 Å². The Balaban J connectivity index is 2.17. The Morgan fingerprint density at radius 3 is 2.55 bits per heavy atom. The average Bonchev–Trinajstić information content (AvgIpc) is 2.87. The zero-order valence-corrected chi connectivity index (χ0v) is 14.2. The zero-order valence-electron chi connectivity index (χ0n) is 13.2. The van der Waals surface area contributed by atoms with Crippen LogP contribution in [0.1, 0.15) is 10.5 Å². The zero-order chi connectivity index (χ0) is 16.2. The predicted octanol–water partition coefficient (Wildman–Crippen LogP) is 3.56. The summed E-state index contributed by atoms with van der Waals surface area (Å²) in [5.74, 6) is -1.03. The molecule has 0 spiro atoms. The van der Waals surface area contributed by atoms with Crippen molar-refractivity contribution in [2.75, 3.05) is 6.61 Å². The van der Waals surface area contributed by atoms with Crippen molar-refractivity contribution in [3.8, 4) is 11.3 Å². The van der Waals surface area contributed by atoms with Gasteiger partial charge in [0.25, 0.3) is 0 Å². The first-order valence-corrected chi connectivity index (χ1v) is 11.0. The highest BCUT2D eigenvalue weighted by Gasteiger charge is 2.19. The number of carbonyl (C=O) groups is 1. The molecule has 118 valence electrons. The number of carboxylic acid groups (broad SMARTS) is 1. The lowest BCUT2D eigenvalue weighted by Gasteiger charge is -2.16. The van der Waals surface area contributed by atoms with Gasteiger partial charge in [0.2, 0.25) is 0 Å². The van der Waals surface area contributed by atoms with Gasteiger partial charge in [0.15, 0.2) is 5.69 Å². The van der Waals surface area contributed by atoms with E-state index in [-0.39, 0.29) is 5.69 Å². The number of aromatic nitrogens is 2. The van der Waals surface area contributed by atoms with Gasteiger partial charge < -0.3 is 14.4 Å². The molecule has 0 aliphatic heterocycles. The molecule has 6 heteroatoms. The number of rotatable bonds is 7. The Kier molecular flexibility index (Phi) is 5.15. The third kappa shape index (κ3) is 4.28. The average molecular weight is 318 g/mol. The largest absolute Gasteiger partial charge is 0.476 e. The Hall–Kier alpha value is -1.92. The molecule has 0 aliphatic carbocycles.